The summed E-state index contributed by atoms with van der Waals surface area (Å²) in [4.78, 5) is 25.7. The fraction of sp³-hybridized carbons (Fsp3) is 0.625. The van der Waals surface area contributed by atoms with Crippen LogP contribution in [0.3, 0.4) is 0 Å². The van der Waals surface area contributed by atoms with E-state index in [9.17, 15) is 0 Å². The van der Waals surface area contributed by atoms with E-state index in [1.165, 1.54) is 5.56 Å². The van der Waals surface area contributed by atoms with Gasteiger partial charge in [-0.1, -0.05) is 138 Å². The maximum Gasteiger partial charge on any atom is 0.153 e. The molecule has 0 N–H and O–H groups in total. The first-order valence-corrected chi connectivity index (χ1v) is 21.9. The SMILES string of the molecule is CC(C)c1ccc(C(C)C)nn1.CC(C)c1cnc(C(C)C)cn1.CC(C)c1cnc(C(C)C)nc1.CC(C)c1cnc(C(C)C)nn1.CC(C)c1cnc(C(C)C)nn1. The zero-order valence-electron chi connectivity index (χ0n) is 40.8. The molecule has 0 radical (unpaired) electrons. The van der Waals surface area contributed by atoms with Gasteiger partial charge in [-0.3, -0.25) is 9.97 Å². The van der Waals surface area contributed by atoms with Crippen LogP contribution < -0.4 is 0 Å². The van der Waals surface area contributed by atoms with Gasteiger partial charge in [0.15, 0.2) is 11.6 Å². The van der Waals surface area contributed by atoms with Crippen LogP contribution in [0.15, 0.2) is 49.3 Å². The summed E-state index contributed by atoms with van der Waals surface area (Å²) in [6, 6.07) is 4.12. The Morgan fingerprint density at radius 1 is 0.233 bits per heavy atom. The second kappa shape index (κ2) is 27.2. The molecule has 0 aliphatic heterocycles. The van der Waals surface area contributed by atoms with Crippen molar-refractivity contribution in [3.05, 3.63) is 107 Å². The number of rotatable bonds is 10. The molecule has 0 atom stereocenters. The van der Waals surface area contributed by atoms with Crippen molar-refractivity contribution in [1.29, 1.82) is 0 Å². The molecular formula is C48H78N12. The van der Waals surface area contributed by atoms with Crippen molar-refractivity contribution in [2.75, 3.05) is 0 Å². The van der Waals surface area contributed by atoms with Crippen molar-refractivity contribution >= 4 is 0 Å². The summed E-state index contributed by atoms with van der Waals surface area (Å²) in [5.74, 6) is 6.93. The van der Waals surface area contributed by atoms with E-state index in [-0.39, 0.29) is 0 Å². The summed E-state index contributed by atoms with van der Waals surface area (Å²) in [5.41, 5.74) is 7.40. The van der Waals surface area contributed by atoms with Gasteiger partial charge in [-0.25, -0.2) is 19.9 Å². The van der Waals surface area contributed by atoms with E-state index in [1.807, 2.05) is 37.2 Å². The largest absolute Gasteiger partial charge is 0.258 e. The Labute approximate surface area is 363 Å². The second-order valence-corrected chi connectivity index (χ2v) is 18.2. The lowest BCUT2D eigenvalue weighted by molar-refractivity contribution is 0.692. The number of hydrogen-bond donors (Lipinski definition) is 0. The third-order valence-electron chi connectivity index (χ3n) is 9.05. The third kappa shape index (κ3) is 20.0. The minimum absolute atomic E-state index is 0.360. The molecule has 0 amide bonds. The quantitative estimate of drug-likeness (QED) is 0.132. The van der Waals surface area contributed by atoms with Crippen molar-refractivity contribution in [2.24, 2.45) is 0 Å². The van der Waals surface area contributed by atoms with Gasteiger partial charge in [-0.15, -0.1) is 10.2 Å². The molecular weight excluding hydrogens is 745 g/mol. The predicted molar refractivity (Wildman–Crippen MR) is 247 cm³/mol. The van der Waals surface area contributed by atoms with Gasteiger partial charge in [0.05, 0.1) is 46.6 Å². The standard InChI is InChI=1S/3C10H16N2.2C9H15N3/c1-7(2)9-5-12-10(6-11-9)8(3)4;1-7(2)9-5-11-10(8(3)4)12-6-9;1-7(2)9-5-6-10(8(3)4)12-11-9;2*1-6(2)8-5-10-9(7(3)4)12-11-8/h3*5-8H,1-4H3;2*5-7H,1-4H3. The minimum atomic E-state index is 0.360. The summed E-state index contributed by atoms with van der Waals surface area (Å²) in [6.45, 7) is 42.1. The Hall–Kier alpha value is -4.74. The summed E-state index contributed by atoms with van der Waals surface area (Å²) < 4.78 is 0. The average molecular weight is 823 g/mol. The molecule has 12 nitrogen and oxygen atoms in total. The van der Waals surface area contributed by atoms with Crippen LogP contribution in [-0.2, 0) is 0 Å². The number of hydrogen-bond acceptors (Lipinski definition) is 12. The molecule has 0 saturated heterocycles. The molecule has 0 aromatic carbocycles. The molecule has 0 saturated carbocycles. The Bertz CT molecular complexity index is 1370. The van der Waals surface area contributed by atoms with Gasteiger partial charge >= 0.3 is 0 Å². The van der Waals surface area contributed by atoms with Crippen LogP contribution in [0.1, 0.15) is 255 Å². The Balaban J connectivity index is 0.000000375. The summed E-state index contributed by atoms with van der Waals surface area (Å²) in [5, 5.41) is 24.5. The van der Waals surface area contributed by atoms with Crippen molar-refractivity contribution in [3.63, 3.8) is 0 Å². The van der Waals surface area contributed by atoms with Crippen LogP contribution in [0, 0.1) is 0 Å². The van der Waals surface area contributed by atoms with Gasteiger partial charge in [0.2, 0.25) is 0 Å². The van der Waals surface area contributed by atoms with Gasteiger partial charge in [-0.05, 0) is 59.1 Å². The van der Waals surface area contributed by atoms with Gasteiger partial charge in [0.25, 0.3) is 0 Å². The fourth-order valence-corrected chi connectivity index (χ4v) is 4.50. The Kier molecular flexibility index (Phi) is 24.1. The Morgan fingerprint density at radius 2 is 0.500 bits per heavy atom. The number of nitrogens with zero attached hydrogens (tertiary/aromatic N) is 12. The van der Waals surface area contributed by atoms with Crippen LogP contribution in [0.5, 0.6) is 0 Å². The molecule has 5 aromatic rings. The smallest absolute Gasteiger partial charge is 0.153 e. The molecule has 330 valence electrons. The highest BCUT2D eigenvalue weighted by molar-refractivity contribution is 5.12. The molecule has 0 bridgehead atoms. The molecule has 5 rings (SSSR count). The van der Waals surface area contributed by atoms with Crippen LogP contribution in [0.2, 0.25) is 0 Å². The van der Waals surface area contributed by atoms with Gasteiger partial charge in [0.1, 0.15) is 5.82 Å². The normalized spacial score (nSPS) is 11.2. The Morgan fingerprint density at radius 3 is 0.700 bits per heavy atom. The van der Waals surface area contributed by atoms with Crippen LogP contribution in [0.25, 0.3) is 0 Å². The zero-order valence-corrected chi connectivity index (χ0v) is 40.8. The molecule has 0 unspecified atom stereocenters. The first kappa shape index (κ1) is 53.3. The lowest BCUT2D eigenvalue weighted by Gasteiger charge is -2.06. The van der Waals surface area contributed by atoms with E-state index in [1.54, 1.807) is 0 Å². The van der Waals surface area contributed by atoms with Crippen molar-refractivity contribution < 1.29 is 0 Å². The maximum absolute atomic E-state index is 4.34. The highest BCUT2D eigenvalue weighted by atomic mass is 15.2. The van der Waals surface area contributed by atoms with Crippen molar-refractivity contribution in [1.82, 2.24) is 60.5 Å². The van der Waals surface area contributed by atoms with E-state index >= 15 is 0 Å². The van der Waals surface area contributed by atoms with E-state index in [0.29, 0.717) is 59.2 Å². The first-order chi connectivity index (χ1) is 28.0. The molecule has 5 heterocycles. The second-order valence-electron chi connectivity index (χ2n) is 18.2. The maximum atomic E-state index is 4.34. The molecule has 0 fully saturated rings. The van der Waals surface area contributed by atoms with Gasteiger partial charge < -0.3 is 0 Å². The molecule has 0 spiro atoms. The van der Waals surface area contributed by atoms with Crippen LogP contribution in [0.4, 0.5) is 0 Å². The predicted octanol–water partition coefficient (Wildman–Crippen LogP) is 12.4. The fourth-order valence-electron chi connectivity index (χ4n) is 4.50. The van der Waals surface area contributed by atoms with Crippen molar-refractivity contribution in [2.45, 2.75) is 198 Å². The first-order valence-electron chi connectivity index (χ1n) is 21.9. The van der Waals surface area contributed by atoms with Gasteiger partial charge in [-0.2, -0.15) is 20.4 Å². The van der Waals surface area contributed by atoms with E-state index < -0.39 is 0 Å². The molecule has 0 aliphatic carbocycles. The lowest BCUT2D eigenvalue weighted by atomic mass is 10.1. The molecule has 60 heavy (non-hydrogen) atoms. The number of aromatic nitrogens is 12. The van der Waals surface area contributed by atoms with Crippen LogP contribution in [-0.4, -0.2) is 60.5 Å². The highest BCUT2D eigenvalue weighted by Crippen LogP contribution is 2.17. The third-order valence-corrected chi connectivity index (χ3v) is 9.05. The average Bonchev–Trinajstić information content (AvgIpc) is 3.21. The van der Waals surface area contributed by atoms with Crippen LogP contribution >= 0.6 is 0 Å². The monoisotopic (exact) mass is 823 g/mol. The summed E-state index contributed by atoms with van der Waals surface area (Å²) in [7, 11) is 0. The summed E-state index contributed by atoms with van der Waals surface area (Å²) >= 11 is 0. The van der Waals surface area contributed by atoms with E-state index in [2.05, 4.69) is 211 Å². The lowest BCUT2D eigenvalue weighted by Crippen LogP contribution is -2.03. The zero-order chi connectivity index (χ0) is 45.7. The van der Waals surface area contributed by atoms with Gasteiger partial charge in [0, 0.05) is 42.5 Å². The van der Waals surface area contributed by atoms with E-state index in [4.69, 9.17) is 0 Å². The minimum Gasteiger partial charge on any atom is -0.258 e. The topological polar surface area (TPSA) is 155 Å². The molecule has 12 heteroatoms. The van der Waals surface area contributed by atoms with Crippen molar-refractivity contribution in [3.8, 4) is 0 Å². The van der Waals surface area contributed by atoms with E-state index in [0.717, 1.165) is 51.6 Å². The molecule has 0 aliphatic rings. The summed E-state index contributed by atoms with van der Waals surface area (Å²) in [6.07, 6.45) is 11.2. The highest BCUT2D eigenvalue weighted by Gasteiger charge is 2.08. The molecule has 5 aromatic heterocycles.